The van der Waals surface area contributed by atoms with Crippen LogP contribution >= 0.6 is 0 Å². The van der Waals surface area contributed by atoms with E-state index in [9.17, 15) is 0 Å². The fourth-order valence-corrected chi connectivity index (χ4v) is 2.24. The lowest BCUT2D eigenvalue weighted by molar-refractivity contribution is -0.00815. The lowest BCUT2D eigenvalue weighted by Crippen LogP contribution is -2.30. The van der Waals surface area contributed by atoms with Gasteiger partial charge < -0.3 is 4.74 Å². The van der Waals surface area contributed by atoms with Gasteiger partial charge in [0.05, 0.1) is 0 Å². The largest absolute Gasteiger partial charge is 0.366 e. The Morgan fingerprint density at radius 1 is 1.56 bits per heavy atom. The summed E-state index contributed by atoms with van der Waals surface area (Å²) in [5, 5.41) is 0. The molecule has 2 heteroatoms. The van der Waals surface area contributed by atoms with Gasteiger partial charge in [-0.2, -0.15) is 0 Å². The molecule has 2 nitrogen and oxygen atoms in total. The van der Waals surface area contributed by atoms with E-state index < -0.39 is 0 Å². The summed E-state index contributed by atoms with van der Waals surface area (Å²) >= 11 is 0. The van der Waals surface area contributed by atoms with Gasteiger partial charge in [0.25, 0.3) is 0 Å². The number of nitrogens with zero attached hydrogens (tertiary/aromatic N) is 1. The molecular formula is C14H17NO. The van der Waals surface area contributed by atoms with E-state index in [1.807, 2.05) is 12.1 Å². The van der Waals surface area contributed by atoms with Crippen LogP contribution in [0.3, 0.4) is 0 Å². The highest BCUT2D eigenvalue weighted by Gasteiger charge is 2.23. The highest BCUT2D eigenvalue weighted by Crippen LogP contribution is 2.20. The van der Waals surface area contributed by atoms with E-state index in [0.717, 1.165) is 25.1 Å². The van der Waals surface area contributed by atoms with Crippen LogP contribution in [-0.4, -0.2) is 24.8 Å². The number of methoxy groups -OCH3 is 1. The lowest BCUT2D eigenvalue weighted by atomic mass is 10.1. The Morgan fingerprint density at radius 3 is 3.19 bits per heavy atom. The van der Waals surface area contributed by atoms with Crippen molar-refractivity contribution < 1.29 is 4.74 Å². The Hall–Kier alpha value is -1.30. The molecule has 16 heavy (non-hydrogen) atoms. The fourth-order valence-electron chi connectivity index (χ4n) is 2.24. The topological polar surface area (TPSA) is 12.5 Å². The monoisotopic (exact) mass is 215 g/mol. The van der Waals surface area contributed by atoms with E-state index in [1.54, 1.807) is 7.11 Å². The van der Waals surface area contributed by atoms with Gasteiger partial charge in [0.15, 0.2) is 0 Å². The average Bonchev–Trinajstić information content (AvgIpc) is 2.76. The first-order valence-electron chi connectivity index (χ1n) is 5.66. The first-order chi connectivity index (χ1) is 7.83. The van der Waals surface area contributed by atoms with E-state index >= 15 is 0 Å². The lowest BCUT2D eigenvalue weighted by Gasteiger charge is -2.22. The second kappa shape index (κ2) is 5.16. The molecule has 0 aromatic heterocycles. The molecule has 0 amide bonds. The van der Waals surface area contributed by atoms with Crippen molar-refractivity contribution in [3.63, 3.8) is 0 Å². The van der Waals surface area contributed by atoms with E-state index in [2.05, 4.69) is 23.0 Å². The third-order valence-electron chi connectivity index (χ3n) is 3.06. The zero-order valence-corrected chi connectivity index (χ0v) is 9.65. The van der Waals surface area contributed by atoms with Crippen LogP contribution in [0.15, 0.2) is 24.3 Å². The zero-order valence-electron chi connectivity index (χ0n) is 9.65. The summed E-state index contributed by atoms with van der Waals surface area (Å²) in [6.07, 6.45) is 8.01. The SMILES string of the molecule is C#Cc1cccc(CN2CCC[C@H]2OC)c1. The Bertz CT molecular complexity index is 394. The maximum Gasteiger partial charge on any atom is 0.110 e. The molecular weight excluding hydrogens is 198 g/mol. The molecule has 84 valence electrons. The van der Waals surface area contributed by atoms with Gasteiger partial charge in [-0.1, -0.05) is 18.1 Å². The summed E-state index contributed by atoms with van der Waals surface area (Å²) in [5.41, 5.74) is 2.21. The number of hydrogen-bond donors (Lipinski definition) is 0. The van der Waals surface area contributed by atoms with Gasteiger partial charge in [0.2, 0.25) is 0 Å². The van der Waals surface area contributed by atoms with Crippen LogP contribution in [0.25, 0.3) is 0 Å². The van der Waals surface area contributed by atoms with E-state index in [4.69, 9.17) is 11.2 Å². The zero-order chi connectivity index (χ0) is 11.4. The first kappa shape index (κ1) is 11.2. The minimum absolute atomic E-state index is 0.273. The summed E-state index contributed by atoms with van der Waals surface area (Å²) in [7, 11) is 1.78. The van der Waals surface area contributed by atoms with Crippen molar-refractivity contribution in [2.75, 3.05) is 13.7 Å². The van der Waals surface area contributed by atoms with Crippen LogP contribution < -0.4 is 0 Å². The summed E-state index contributed by atoms with van der Waals surface area (Å²) in [4.78, 5) is 2.36. The second-order valence-corrected chi connectivity index (χ2v) is 4.15. The van der Waals surface area contributed by atoms with Crippen LogP contribution in [-0.2, 0) is 11.3 Å². The van der Waals surface area contributed by atoms with Gasteiger partial charge in [-0.25, -0.2) is 0 Å². The first-order valence-corrected chi connectivity index (χ1v) is 5.66. The van der Waals surface area contributed by atoms with Gasteiger partial charge in [-0.15, -0.1) is 6.42 Å². The molecule has 1 heterocycles. The summed E-state index contributed by atoms with van der Waals surface area (Å²) < 4.78 is 5.44. The maximum absolute atomic E-state index is 5.44. The van der Waals surface area contributed by atoms with Crippen molar-refractivity contribution in [3.05, 3.63) is 35.4 Å². The van der Waals surface area contributed by atoms with Crippen molar-refractivity contribution in [2.45, 2.75) is 25.6 Å². The molecule has 1 aromatic rings. The van der Waals surface area contributed by atoms with Crippen LogP contribution in [0, 0.1) is 12.3 Å². The van der Waals surface area contributed by atoms with Crippen LogP contribution in [0.2, 0.25) is 0 Å². The van der Waals surface area contributed by atoms with Crippen molar-refractivity contribution in [1.82, 2.24) is 4.90 Å². The van der Waals surface area contributed by atoms with Crippen LogP contribution in [0.5, 0.6) is 0 Å². The minimum atomic E-state index is 0.273. The number of ether oxygens (including phenoxy) is 1. The summed E-state index contributed by atoms with van der Waals surface area (Å²) in [5.74, 6) is 2.67. The van der Waals surface area contributed by atoms with Crippen molar-refractivity contribution in [1.29, 1.82) is 0 Å². The summed E-state index contributed by atoms with van der Waals surface area (Å²) in [6.45, 7) is 2.03. The van der Waals surface area contributed by atoms with Gasteiger partial charge >= 0.3 is 0 Å². The molecule has 1 atom stereocenters. The van der Waals surface area contributed by atoms with Gasteiger partial charge in [-0.3, -0.25) is 4.90 Å². The standard InChI is InChI=1S/C14H17NO/c1-3-12-6-4-7-13(10-12)11-15-9-5-8-14(15)16-2/h1,4,6-7,10,14H,5,8-9,11H2,2H3/t14-/m1/s1. The molecule has 0 bridgehead atoms. The van der Waals surface area contributed by atoms with Crippen molar-refractivity contribution in [3.8, 4) is 12.3 Å². The Kier molecular flexibility index (Phi) is 3.61. The molecule has 1 aliphatic heterocycles. The molecule has 1 aromatic carbocycles. The van der Waals surface area contributed by atoms with Gasteiger partial charge in [-0.05, 0) is 30.5 Å². The molecule has 0 spiro atoms. The van der Waals surface area contributed by atoms with Gasteiger partial charge in [0.1, 0.15) is 6.23 Å². The van der Waals surface area contributed by atoms with E-state index in [1.165, 1.54) is 12.0 Å². The predicted octanol–water partition coefficient (Wildman–Crippen LogP) is 2.24. The van der Waals surface area contributed by atoms with E-state index in [0.29, 0.717) is 0 Å². The second-order valence-electron chi connectivity index (χ2n) is 4.15. The molecule has 0 unspecified atom stereocenters. The summed E-state index contributed by atoms with van der Waals surface area (Å²) in [6, 6.07) is 8.17. The molecule has 1 fully saturated rings. The van der Waals surface area contributed by atoms with Crippen LogP contribution in [0.4, 0.5) is 0 Å². The smallest absolute Gasteiger partial charge is 0.110 e. The number of terminal acetylenes is 1. The molecule has 0 aliphatic carbocycles. The fraction of sp³-hybridized carbons (Fsp3) is 0.429. The molecule has 0 N–H and O–H groups in total. The Morgan fingerprint density at radius 2 is 2.44 bits per heavy atom. The highest BCUT2D eigenvalue weighted by atomic mass is 16.5. The number of likely N-dealkylation sites (tertiary alicyclic amines) is 1. The quantitative estimate of drug-likeness (QED) is 0.717. The maximum atomic E-state index is 5.44. The molecule has 1 aliphatic rings. The van der Waals surface area contributed by atoms with Crippen LogP contribution in [0.1, 0.15) is 24.0 Å². The number of hydrogen-bond acceptors (Lipinski definition) is 2. The Balaban J connectivity index is 2.06. The normalized spacial score (nSPS) is 20.9. The molecule has 2 rings (SSSR count). The highest BCUT2D eigenvalue weighted by molar-refractivity contribution is 5.35. The van der Waals surface area contributed by atoms with E-state index in [-0.39, 0.29) is 6.23 Å². The average molecular weight is 215 g/mol. The van der Waals surface area contributed by atoms with Gasteiger partial charge in [0, 0.05) is 25.8 Å². The van der Waals surface area contributed by atoms with Crippen molar-refractivity contribution >= 4 is 0 Å². The molecule has 1 saturated heterocycles. The minimum Gasteiger partial charge on any atom is -0.366 e. The third kappa shape index (κ3) is 2.44. The predicted molar refractivity (Wildman–Crippen MR) is 64.8 cm³/mol. The molecule has 0 radical (unpaired) electrons. The molecule has 0 saturated carbocycles. The number of benzene rings is 1. The third-order valence-corrected chi connectivity index (χ3v) is 3.06. The van der Waals surface area contributed by atoms with Crippen molar-refractivity contribution in [2.24, 2.45) is 0 Å². The Labute approximate surface area is 97.2 Å². The number of rotatable bonds is 3.